The quantitative estimate of drug-likeness (QED) is 0.599. The summed E-state index contributed by atoms with van der Waals surface area (Å²) in [7, 11) is 0. The van der Waals surface area contributed by atoms with Crippen molar-refractivity contribution in [3.8, 4) is 0 Å². The minimum Gasteiger partial charge on any atom is -0.359 e. The smallest absolute Gasteiger partial charge is 0.187 e. The Balaban J connectivity index is 1.85. The van der Waals surface area contributed by atoms with Crippen LogP contribution < -0.4 is 10.7 Å². The van der Waals surface area contributed by atoms with Crippen LogP contribution in [0.3, 0.4) is 0 Å². The molecule has 1 fully saturated rings. The number of thiocarbonyl (C=S) groups is 1. The van der Waals surface area contributed by atoms with Gasteiger partial charge in [-0.2, -0.15) is 5.10 Å². The predicted octanol–water partition coefficient (Wildman–Crippen LogP) is 3.91. The van der Waals surface area contributed by atoms with Gasteiger partial charge in [-0.25, -0.2) is 0 Å². The van der Waals surface area contributed by atoms with Gasteiger partial charge in [0, 0.05) is 6.04 Å². The van der Waals surface area contributed by atoms with Crippen molar-refractivity contribution in [3.63, 3.8) is 0 Å². The Morgan fingerprint density at radius 2 is 1.95 bits per heavy atom. The van der Waals surface area contributed by atoms with E-state index in [1.54, 1.807) is 0 Å². The number of nitrogens with one attached hydrogen (secondary N) is 2. The summed E-state index contributed by atoms with van der Waals surface area (Å²) in [6, 6.07) is 0.532. The number of nitrogens with zero attached hydrogens (tertiary/aromatic N) is 1. The van der Waals surface area contributed by atoms with Gasteiger partial charge in [-0.05, 0) is 56.3 Å². The van der Waals surface area contributed by atoms with Gasteiger partial charge in [0.1, 0.15) is 0 Å². The van der Waals surface area contributed by atoms with Crippen LogP contribution >= 0.6 is 12.2 Å². The molecule has 0 aromatic carbocycles. The van der Waals surface area contributed by atoms with Crippen molar-refractivity contribution in [2.24, 2.45) is 10.5 Å². The fraction of sp³-hybridized carbons (Fsp3) is 0.750. The number of hydrogen-bond acceptors (Lipinski definition) is 2. The van der Waals surface area contributed by atoms with E-state index in [4.69, 9.17) is 12.2 Å². The monoisotopic (exact) mass is 293 g/mol. The molecule has 4 heteroatoms. The zero-order valence-electron chi connectivity index (χ0n) is 13.0. The lowest BCUT2D eigenvalue weighted by molar-refractivity contribution is 0.372. The summed E-state index contributed by atoms with van der Waals surface area (Å²) in [5.41, 5.74) is 5.82. The fourth-order valence-corrected chi connectivity index (χ4v) is 3.57. The highest BCUT2D eigenvalue weighted by molar-refractivity contribution is 7.80. The van der Waals surface area contributed by atoms with Gasteiger partial charge < -0.3 is 5.32 Å². The average molecular weight is 293 g/mol. The van der Waals surface area contributed by atoms with Gasteiger partial charge in [0.15, 0.2) is 5.11 Å². The molecule has 20 heavy (non-hydrogen) atoms. The van der Waals surface area contributed by atoms with Gasteiger partial charge in [0.2, 0.25) is 0 Å². The van der Waals surface area contributed by atoms with Crippen LogP contribution in [0.5, 0.6) is 0 Å². The maximum atomic E-state index is 5.34. The molecule has 0 aliphatic heterocycles. The lowest BCUT2D eigenvalue weighted by Gasteiger charge is -2.29. The topological polar surface area (TPSA) is 36.4 Å². The zero-order chi connectivity index (χ0) is 14.6. The lowest BCUT2D eigenvalue weighted by Crippen LogP contribution is -2.41. The van der Waals surface area contributed by atoms with Crippen LogP contribution in [0.15, 0.2) is 16.8 Å². The van der Waals surface area contributed by atoms with E-state index in [0.29, 0.717) is 16.6 Å². The van der Waals surface area contributed by atoms with Crippen LogP contribution in [0.2, 0.25) is 0 Å². The Morgan fingerprint density at radius 1 is 1.25 bits per heavy atom. The van der Waals surface area contributed by atoms with E-state index in [2.05, 4.69) is 42.7 Å². The molecule has 0 bridgehead atoms. The first-order valence-corrected chi connectivity index (χ1v) is 8.16. The van der Waals surface area contributed by atoms with Gasteiger partial charge in [-0.3, -0.25) is 5.43 Å². The van der Waals surface area contributed by atoms with Crippen LogP contribution in [-0.4, -0.2) is 16.9 Å². The van der Waals surface area contributed by atoms with Crippen LogP contribution in [0.4, 0.5) is 0 Å². The van der Waals surface area contributed by atoms with Crippen molar-refractivity contribution < 1.29 is 0 Å². The zero-order valence-corrected chi connectivity index (χ0v) is 13.8. The predicted molar refractivity (Wildman–Crippen MR) is 89.9 cm³/mol. The summed E-state index contributed by atoms with van der Waals surface area (Å²) >= 11 is 5.34. The number of hydrogen-bond donors (Lipinski definition) is 2. The van der Waals surface area contributed by atoms with Crippen LogP contribution in [-0.2, 0) is 0 Å². The fourth-order valence-electron chi connectivity index (χ4n) is 3.35. The van der Waals surface area contributed by atoms with Crippen molar-refractivity contribution in [2.45, 2.75) is 71.8 Å². The molecule has 0 atom stereocenters. The summed E-state index contributed by atoms with van der Waals surface area (Å²) in [6.45, 7) is 6.75. The van der Waals surface area contributed by atoms with E-state index < -0.39 is 0 Å². The van der Waals surface area contributed by atoms with Crippen LogP contribution in [0, 0.1) is 5.41 Å². The second kappa shape index (κ2) is 6.70. The molecule has 2 aliphatic rings. The van der Waals surface area contributed by atoms with E-state index in [9.17, 15) is 0 Å². The van der Waals surface area contributed by atoms with E-state index in [-0.39, 0.29) is 0 Å². The molecule has 0 amide bonds. The Hall–Kier alpha value is -0.900. The first kappa shape index (κ1) is 15.5. The van der Waals surface area contributed by atoms with E-state index in [1.807, 2.05) is 0 Å². The third-order valence-corrected chi connectivity index (χ3v) is 4.28. The second-order valence-corrected chi connectivity index (χ2v) is 7.44. The van der Waals surface area contributed by atoms with Crippen molar-refractivity contribution in [2.75, 3.05) is 0 Å². The largest absolute Gasteiger partial charge is 0.359 e. The Bertz CT molecular complexity index is 417. The van der Waals surface area contributed by atoms with Crippen molar-refractivity contribution in [1.29, 1.82) is 0 Å². The summed E-state index contributed by atoms with van der Waals surface area (Å²) in [6.07, 6.45) is 10.8. The molecule has 0 radical (unpaired) electrons. The molecule has 3 nitrogen and oxygen atoms in total. The lowest BCUT2D eigenvalue weighted by atomic mass is 9.77. The summed E-state index contributed by atoms with van der Waals surface area (Å²) in [5, 5.41) is 8.53. The molecule has 1 saturated carbocycles. The highest BCUT2D eigenvalue weighted by Gasteiger charge is 2.24. The molecule has 2 rings (SSSR count). The van der Waals surface area contributed by atoms with E-state index >= 15 is 0 Å². The minimum absolute atomic E-state index is 0.303. The van der Waals surface area contributed by atoms with E-state index in [1.165, 1.54) is 37.7 Å². The highest BCUT2D eigenvalue weighted by atomic mass is 32.1. The molecule has 0 heterocycles. The van der Waals surface area contributed by atoms with Gasteiger partial charge in [-0.1, -0.05) is 38.7 Å². The van der Waals surface area contributed by atoms with Crippen molar-refractivity contribution in [1.82, 2.24) is 10.7 Å². The normalized spacial score (nSPS) is 25.1. The Kier molecular flexibility index (Phi) is 5.19. The molecule has 0 unspecified atom stereocenters. The summed E-state index contributed by atoms with van der Waals surface area (Å²) < 4.78 is 0. The Labute approximate surface area is 128 Å². The Morgan fingerprint density at radius 3 is 2.60 bits per heavy atom. The molecule has 0 saturated heterocycles. The van der Waals surface area contributed by atoms with Gasteiger partial charge in [0.25, 0.3) is 0 Å². The molecule has 0 aromatic rings. The third kappa shape index (κ3) is 4.89. The third-order valence-electron chi connectivity index (χ3n) is 4.07. The average Bonchev–Trinajstić information content (AvgIpc) is 2.35. The van der Waals surface area contributed by atoms with Crippen molar-refractivity contribution in [3.05, 3.63) is 11.6 Å². The standard InChI is InChI=1S/C16H27N3S/c1-12-9-14(11-16(2,3)10-12)18-19-15(20)17-13-7-5-4-6-8-13/h9,13H,4-8,10-11H2,1-3H3,(H2,17,19,20)/b18-14+. The molecule has 2 N–H and O–H groups in total. The number of hydrazone groups is 1. The number of rotatable bonds is 2. The SMILES string of the molecule is CC1=C/C(=N\NC(=S)NC2CCCCC2)CC(C)(C)C1. The molecule has 0 aromatic heterocycles. The van der Waals surface area contributed by atoms with Gasteiger partial charge in [-0.15, -0.1) is 0 Å². The van der Waals surface area contributed by atoms with E-state index in [0.717, 1.165) is 18.6 Å². The van der Waals surface area contributed by atoms with Crippen molar-refractivity contribution >= 4 is 23.0 Å². The molecule has 2 aliphatic carbocycles. The summed E-state index contributed by atoms with van der Waals surface area (Å²) in [5.74, 6) is 0. The van der Waals surface area contributed by atoms with Crippen LogP contribution in [0.25, 0.3) is 0 Å². The molecular weight excluding hydrogens is 266 g/mol. The van der Waals surface area contributed by atoms with Gasteiger partial charge in [0.05, 0.1) is 5.71 Å². The first-order valence-electron chi connectivity index (χ1n) is 7.75. The maximum Gasteiger partial charge on any atom is 0.187 e. The number of allylic oxidation sites excluding steroid dienone is 2. The minimum atomic E-state index is 0.303. The summed E-state index contributed by atoms with van der Waals surface area (Å²) in [4.78, 5) is 0. The first-order chi connectivity index (χ1) is 9.44. The van der Waals surface area contributed by atoms with Gasteiger partial charge >= 0.3 is 0 Å². The molecule has 112 valence electrons. The second-order valence-electron chi connectivity index (χ2n) is 7.03. The highest BCUT2D eigenvalue weighted by Crippen LogP contribution is 2.33. The molecular formula is C16H27N3S. The maximum absolute atomic E-state index is 5.34. The molecule has 0 spiro atoms. The van der Waals surface area contributed by atoms with Crippen LogP contribution in [0.1, 0.15) is 65.7 Å².